The van der Waals surface area contributed by atoms with Crippen LogP contribution in [0.25, 0.3) is 0 Å². The van der Waals surface area contributed by atoms with Gasteiger partial charge in [-0.1, -0.05) is 0 Å². The molecule has 5 aliphatic heterocycles. The first kappa shape index (κ1) is 75.5. The van der Waals surface area contributed by atoms with Gasteiger partial charge in [0.2, 0.25) is 0 Å². The number of aliphatic carboxylic acids is 1. The predicted octanol–water partition coefficient (Wildman–Crippen LogP) is -13.9. The molecule has 58 heteroatoms. The van der Waals surface area contributed by atoms with E-state index < -0.39 is 263 Å². The first-order chi connectivity index (χ1) is 39.3. The van der Waals surface area contributed by atoms with E-state index in [1.165, 1.54) is 14.2 Å². The van der Waals surface area contributed by atoms with Crippen LogP contribution in [0.2, 0.25) is 0 Å². The van der Waals surface area contributed by atoms with E-state index in [-0.39, 0.29) is 0 Å². The minimum absolute atomic E-state index is 1.19. The summed E-state index contributed by atoms with van der Waals surface area (Å²) >= 11 is 0. The second kappa shape index (κ2) is 28.6. The molecule has 5 heterocycles. The number of carboxylic acid groups (broad SMARTS) is 1. The maximum Gasteiger partial charge on any atom is 0.397 e. The van der Waals surface area contributed by atoms with Crippen LogP contribution in [0.3, 0.4) is 0 Å². The fourth-order valence-corrected chi connectivity index (χ4v) is 12.2. The van der Waals surface area contributed by atoms with E-state index >= 15 is 0 Å². The van der Waals surface area contributed by atoms with Gasteiger partial charge in [0.15, 0.2) is 43.7 Å². The van der Waals surface area contributed by atoms with E-state index in [9.17, 15) is 140 Å². The summed E-state index contributed by atoms with van der Waals surface area (Å²) in [4.78, 5) is 12.7. The Morgan fingerprint density at radius 3 is 1.30 bits per heavy atom. The molecule has 0 bridgehead atoms. The summed E-state index contributed by atoms with van der Waals surface area (Å²) in [5.74, 6) is -2.36. The summed E-state index contributed by atoms with van der Waals surface area (Å²) in [5, 5.41) is 87.1. The molecular formula is C29H51N3O47S8. The molecule has 5 saturated heterocycles. The molecule has 0 aromatic rings. The molecule has 0 spiro atoms. The summed E-state index contributed by atoms with van der Waals surface area (Å²) in [7, 11) is -45.9. The third-order valence-electron chi connectivity index (χ3n) is 11.9. The molecule has 5 rings (SSSR count). The second-order valence-corrected chi connectivity index (χ2v) is 26.9. The highest BCUT2D eigenvalue weighted by atomic mass is 32.3. The number of aliphatic hydroxyl groups is 7. The zero-order valence-electron chi connectivity index (χ0n) is 41.8. The van der Waals surface area contributed by atoms with Crippen LogP contribution in [0, 0.1) is 0 Å². The van der Waals surface area contributed by atoms with E-state index in [2.05, 4.69) is 20.9 Å². The van der Waals surface area contributed by atoms with Crippen molar-refractivity contribution >= 4 is 88.9 Å². The average Bonchev–Trinajstić information content (AvgIpc) is 0.900. The van der Waals surface area contributed by atoms with Gasteiger partial charge >= 0.3 is 88.9 Å². The van der Waals surface area contributed by atoms with Crippen LogP contribution in [0.4, 0.5) is 0 Å². The lowest BCUT2D eigenvalue weighted by molar-refractivity contribution is -0.368. The molecule has 512 valence electrons. The first-order valence-corrected chi connectivity index (χ1v) is 33.7. The van der Waals surface area contributed by atoms with E-state index in [4.69, 9.17) is 51.7 Å². The summed E-state index contributed by atoms with van der Waals surface area (Å²) in [6.07, 6.45) is -57.8. The Bertz CT molecular complexity index is 3320. The lowest BCUT2D eigenvalue weighted by Crippen LogP contribution is -2.70. The van der Waals surface area contributed by atoms with Gasteiger partial charge in [0.05, 0.1) is 26.4 Å². The highest BCUT2D eigenvalue weighted by Crippen LogP contribution is 2.37. The molecule has 0 saturated carbocycles. The number of ether oxygens (including phenoxy) is 9. The van der Waals surface area contributed by atoms with Crippen LogP contribution in [-0.2, 0) is 151 Å². The minimum Gasteiger partial charge on any atom is -0.479 e. The predicted molar refractivity (Wildman–Crippen MR) is 251 cm³/mol. The van der Waals surface area contributed by atoms with Crippen LogP contribution in [0.1, 0.15) is 0 Å². The van der Waals surface area contributed by atoms with E-state index in [1.54, 1.807) is 0 Å². The number of aliphatic hydroxyl groups excluding tert-OH is 7. The van der Waals surface area contributed by atoms with Crippen molar-refractivity contribution in [2.75, 3.05) is 26.4 Å². The molecule has 87 heavy (non-hydrogen) atoms. The van der Waals surface area contributed by atoms with Gasteiger partial charge in [0.25, 0.3) is 0 Å². The van der Waals surface area contributed by atoms with Gasteiger partial charge in [-0.05, 0) is 0 Å². The number of rotatable bonds is 28. The molecule has 24 atom stereocenters. The Morgan fingerprint density at radius 1 is 0.391 bits per heavy atom. The molecule has 0 aromatic carbocycles. The molecular weight excluding hydrogens is 1400 g/mol. The van der Waals surface area contributed by atoms with Gasteiger partial charge in [-0.15, -0.1) is 0 Å². The summed E-state index contributed by atoms with van der Waals surface area (Å²) < 4.78 is 339. The van der Waals surface area contributed by atoms with E-state index in [0.29, 0.717) is 0 Å². The van der Waals surface area contributed by atoms with E-state index in [1.807, 2.05) is 0 Å². The lowest BCUT2D eigenvalue weighted by atomic mass is 9.95. The molecule has 5 aliphatic rings. The Labute approximate surface area is 487 Å². The van der Waals surface area contributed by atoms with Crippen LogP contribution >= 0.6 is 0 Å². The normalized spacial score (nSPS) is 39.1. The monoisotopic (exact) mass is 1450 g/mol. The maximum absolute atomic E-state index is 12.7. The summed E-state index contributed by atoms with van der Waals surface area (Å²) in [6, 6.07) is -8.04. The minimum atomic E-state index is -6.24. The van der Waals surface area contributed by atoms with Crippen molar-refractivity contribution in [1.29, 1.82) is 0 Å². The number of nitrogens with one attached hydrogen (secondary N) is 3. The SMILES string of the molecule is O=C(O)[C@H]1O[C@@H](O[C@H]2[C@H](OS(=O)(=O)O)[C@@H](NS(=O)(=O)O)[C@@H](O[C@@H]3CO[C@@H](O[C@H]4[C@H](O)[C@@H](NS(=O)(=O)O)[C@@H](O)O[C@@H]4COS(=O)(=O)O)[C@H](OS(=O)(=O)O)[C@H]3O)O[C@@H]2COS(=O)(=O)O)[C@H](O)[C@@H](O)[C@@H]1O[C@H]1O[C@H](COS(=O)(=O)O)[C@@H](O)[C@H](O)[C@H]1NS(=O)(=O)O. The highest BCUT2D eigenvalue weighted by molar-refractivity contribution is 7.84. The van der Waals surface area contributed by atoms with Crippen molar-refractivity contribution in [1.82, 2.24) is 14.2 Å². The second-order valence-electron chi connectivity index (χ2n) is 18.0. The van der Waals surface area contributed by atoms with Gasteiger partial charge in [-0.25, -0.2) is 25.7 Å². The van der Waals surface area contributed by atoms with Crippen molar-refractivity contribution in [2.45, 2.75) is 147 Å². The Hall–Kier alpha value is -2.21. The van der Waals surface area contributed by atoms with Gasteiger partial charge in [-0.2, -0.15) is 81.5 Å². The quantitative estimate of drug-likeness (QED) is 0.0324. The van der Waals surface area contributed by atoms with Crippen molar-refractivity contribution in [3.63, 3.8) is 0 Å². The topological polar surface area (TPSA) is 779 Å². The lowest BCUT2D eigenvalue weighted by Gasteiger charge is -2.49. The molecule has 19 N–H and O–H groups in total. The zero-order chi connectivity index (χ0) is 66.3. The molecule has 50 nitrogen and oxygen atoms in total. The number of hydrogen-bond donors (Lipinski definition) is 19. The molecule has 0 aliphatic carbocycles. The van der Waals surface area contributed by atoms with Gasteiger partial charge in [0.1, 0.15) is 104 Å². The number of carboxylic acids is 1. The van der Waals surface area contributed by atoms with Crippen LogP contribution in [0.15, 0.2) is 0 Å². The average molecular weight is 1450 g/mol. The van der Waals surface area contributed by atoms with Crippen molar-refractivity contribution in [3.8, 4) is 0 Å². The van der Waals surface area contributed by atoms with Gasteiger partial charge in [-0.3, -0.25) is 36.4 Å². The maximum atomic E-state index is 12.7. The molecule has 0 radical (unpaired) electrons. The first-order valence-electron chi connectivity index (χ1n) is 22.6. The third-order valence-corrected chi connectivity index (χ3v) is 15.8. The van der Waals surface area contributed by atoms with Crippen LogP contribution in [0.5, 0.6) is 0 Å². The standard InChI is InChI=1S/C29H51N3O47S8/c33-12-6(2-67-83(51,52)53)72-26(10(14(12)35)31-81(45,46)47)76-21-16(37)17(38)28(77-23(21)24(39)40)75-19-8(4-69-85(57,58)59)73-27(11(32-82(48,49)50)20(19)78-86(60,61)62)71-5-1-66-29(22(13(5)34)79-87(63,64)65)74-18-7(3-68-84(54,55)56)70-25(41)9(15(18)36)30-80(42,43)44/h5-23,25-38,41H,1-4H2,(H,39,40)(H,42,43,44)(H,45,46,47)(H,48,49,50)(H,51,52,53)(H,54,55,56)(H,57,58,59)(H,60,61,62)(H,63,64,65)/t5-,6-,7-,8-,9-,10-,11-,12-,13+,14-,15-,16-,17-,18-,19-,20-,21+,22-,23+,25+,26-,27+,28-,29+/m1/s1. The molecule has 0 amide bonds. The van der Waals surface area contributed by atoms with Crippen LogP contribution < -0.4 is 14.2 Å². The fourth-order valence-electron chi connectivity index (χ4n) is 8.52. The number of carbonyl (C=O) groups is 1. The van der Waals surface area contributed by atoms with Crippen molar-refractivity contribution in [2.24, 2.45) is 0 Å². The largest absolute Gasteiger partial charge is 0.479 e. The Morgan fingerprint density at radius 2 is 0.816 bits per heavy atom. The van der Waals surface area contributed by atoms with Crippen molar-refractivity contribution < 1.29 is 213 Å². The van der Waals surface area contributed by atoms with Crippen molar-refractivity contribution in [3.05, 3.63) is 0 Å². The Kier molecular flexibility index (Phi) is 24.8. The smallest absolute Gasteiger partial charge is 0.397 e. The summed E-state index contributed by atoms with van der Waals surface area (Å²) in [5.41, 5.74) is 0. The molecule has 0 unspecified atom stereocenters. The number of hydrogen-bond acceptors (Lipinski definition) is 38. The van der Waals surface area contributed by atoms with Gasteiger partial charge < -0.3 is 83.5 Å². The Balaban J connectivity index is 1.53. The summed E-state index contributed by atoms with van der Waals surface area (Å²) in [6.45, 7) is -6.34. The molecule has 0 aromatic heterocycles. The zero-order valence-corrected chi connectivity index (χ0v) is 48.3. The fraction of sp³-hybridized carbons (Fsp3) is 0.966. The molecule has 5 fully saturated rings. The van der Waals surface area contributed by atoms with E-state index in [0.717, 1.165) is 0 Å². The van der Waals surface area contributed by atoms with Crippen LogP contribution in [-0.4, -0.2) is 324 Å². The highest BCUT2D eigenvalue weighted by Gasteiger charge is 2.59. The van der Waals surface area contributed by atoms with Gasteiger partial charge in [0, 0.05) is 0 Å². The third kappa shape index (κ3) is 22.5.